The Bertz CT molecular complexity index is 486. The topological polar surface area (TPSA) is 71.7 Å². The third kappa shape index (κ3) is 2.49. The lowest BCUT2D eigenvalue weighted by atomic mass is 10.1. The van der Waals surface area contributed by atoms with E-state index in [0.717, 1.165) is 24.2 Å². The van der Waals surface area contributed by atoms with Gasteiger partial charge in [0.15, 0.2) is 0 Å². The van der Waals surface area contributed by atoms with Crippen LogP contribution in [0.2, 0.25) is 0 Å². The van der Waals surface area contributed by atoms with E-state index in [0.29, 0.717) is 38.5 Å². The first-order chi connectivity index (χ1) is 9.24. The normalized spacial score (nSPS) is 19.2. The smallest absolute Gasteiger partial charge is 0.320 e. The molecule has 1 fully saturated rings. The van der Waals surface area contributed by atoms with Crippen LogP contribution in [0.3, 0.4) is 0 Å². The minimum atomic E-state index is 0.0939. The highest BCUT2D eigenvalue weighted by molar-refractivity contribution is 5.75. The zero-order chi connectivity index (χ0) is 13.2. The number of urea groups is 1. The lowest BCUT2D eigenvalue weighted by Gasteiger charge is -2.35. The highest BCUT2D eigenvalue weighted by atomic mass is 16.5. The number of ether oxygens (including phenoxy) is 1. The van der Waals surface area contributed by atoms with Crippen molar-refractivity contribution in [1.29, 1.82) is 0 Å². The fourth-order valence-electron chi connectivity index (χ4n) is 2.56. The largest absolute Gasteiger partial charge is 0.397 e. The molecule has 102 valence electrons. The average Bonchev–Trinajstić information content (AvgIpc) is 2.46. The molecule has 19 heavy (non-hydrogen) atoms. The van der Waals surface area contributed by atoms with E-state index in [1.165, 1.54) is 0 Å². The lowest BCUT2D eigenvalue weighted by Crippen LogP contribution is -2.49. The van der Waals surface area contributed by atoms with Crippen molar-refractivity contribution in [3.8, 4) is 0 Å². The highest BCUT2D eigenvalue weighted by Crippen LogP contribution is 2.20. The summed E-state index contributed by atoms with van der Waals surface area (Å²) in [6.45, 7) is 3.94. The third-order valence-electron chi connectivity index (χ3n) is 3.61. The van der Waals surface area contributed by atoms with Crippen LogP contribution in [0.5, 0.6) is 0 Å². The number of carbonyl (C=O) groups excluding carboxylic acids is 1. The maximum Gasteiger partial charge on any atom is 0.320 e. The summed E-state index contributed by atoms with van der Waals surface area (Å²) < 4.78 is 5.27. The maximum absolute atomic E-state index is 12.4. The van der Waals surface area contributed by atoms with Crippen molar-refractivity contribution >= 4 is 11.7 Å². The van der Waals surface area contributed by atoms with Gasteiger partial charge in [-0.15, -0.1) is 0 Å². The number of hydrogen-bond donors (Lipinski definition) is 1. The van der Waals surface area contributed by atoms with E-state index in [1.807, 2.05) is 15.9 Å². The fourth-order valence-corrected chi connectivity index (χ4v) is 2.56. The number of morpholine rings is 1. The van der Waals surface area contributed by atoms with Crippen LogP contribution in [0, 0.1) is 0 Å². The maximum atomic E-state index is 12.4. The summed E-state index contributed by atoms with van der Waals surface area (Å²) in [6, 6.07) is 2.01. The van der Waals surface area contributed by atoms with Crippen LogP contribution >= 0.6 is 0 Å². The molecule has 2 amide bonds. The molecule has 0 unspecified atom stereocenters. The Kier molecular flexibility index (Phi) is 3.25. The van der Waals surface area contributed by atoms with Gasteiger partial charge in [-0.05, 0) is 11.6 Å². The summed E-state index contributed by atoms with van der Waals surface area (Å²) in [5.41, 5.74) is 8.52. The van der Waals surface area contributed by atoms with E-state index in [2.05, 4.69) is 4.98 Å². The van der Waals surface area contributed by atoms with Crippen LogP contribution in [0.4, 0.5) is 10.5 Å². The molecule has 0 atom stereocenters. The molecule has 2 aliphatic rings. The van der Waals surface area contributed by atoms with E-state index in [4.69, 9.17) is 10.5 Å². The highest BCUT2D eigenvalue weighted by Gasteiger charge is 2.26. The monoisotopic (exact) mass is 262 g/mol. The molecule has 3 rings (SSSR count). The van der Waals surface area contributed by atoms with Gasteiger partial charge in [-0.1, -0.05) is 0 Å². The summed E-state index contributed by atoms with van der Waals surface area (Å²) in [5, 5.41) is 0. The molecule has 1 aromatic rings. The van der Waals surface area contributed by atoms with Crippen LogP contribution in [0.1, 0.15) is 11.3 Å². The molecule has 2 aliphatic heterocycles. The van der Waals surface area contributed by atoms with Crippen LogP contribution in [-0.4, -0.2) is 53.7 Å². The summed E-state index contributed by atoms with van der Waals surface area (Å²) in [6.07, 6.45) is 2.48. The van der Waals surface area contributed by atoms with E-state index >= 15 is 0 Å². The van der Waals surface area contributed by atoms with Gasteiger partial charge < -0.3 is 20.3 Å². The van der Waals surface area contributed by atoms with Crippen LogP contribution in [0.25, 0.3) is 0 Å². The summed E-state index contributed by atoms with van der Waals surface area (Å²) >= 11 is 0. The standard InChI is InChI=1S/C13H18N4O2/c14-11-7-10-9-17(2-1-12(10)15-8-11)13(18)16-3-5-19-6-4-16/h7-8H,1-6,9,14H2. The number of carbonyl (C=O) groups is 1. The Morgan fingerprint density at radius 3 is 2.84 bits per heavy atom. The predicted octanol–water partition coefficient (Wildman–Crippen LogP) is 0.474. The number of hydrogen-bond acceptors (Lipinski definition) is 4. The summed E-state index contributed by atoms with van der Waals surface area (Å²) in [5.74, 6) is 0. The zero-order valence-corrected chi connectivity index (χ0v) is 10.8. The predicted molar refractivity (Wildman–Crippen MR) is 70.6 cm³/mol. The zero-order valence-electron chi connectivity index (χ0n) is 10.8. The fraction of sp³-hybridized carbons (Fsp3) is 0.538. The van der Waals surface area contributed by atoms with Crippen molar-refractivity contribution in [2.75, 3.05) is 38.6 Å². The molecule has 1 aromatic heterocycles. The van der Waals surface area contributed by atoms with Gasteiger partial charge >= 0.3 is 6.03 Å². The van der Waals surface area contributed by atoms with Crippen molar-refractivity contribution < 1.29 is 9.53 Å². The lowest BCUT2D eigenvalue weighted by molar-refractivity contribution is 0.0421. The van der Waals surface area contributed by atoms with Gasteiger partial charge in [0.1, 0.15) is 0 Å². The second kappa shape index (κ2) is 5.05. The summed E-state index contributed by atoms with van der Waals surface area (Å²) in [7, 11) is 0. The summed E-state index contributed by atoms with van der Waals surface area (Å²) in [4.78, 5) is 20.4. The van der Waals surface area contributed by atoms with Gasteiger partial charge in [-0.3, -0.25) is 4.98 Å². The van der Waals surface area contributed by atoms with Gasteiger partial charge in [0.05, 0.1) is 25.1 Å². The quantitative estimate of drug-likeness (QED) is 0.738. The molecule has 3 heterocycles. The number of nitrogens with zero attached hydrogens (tertiary/aromatic N) is 3. The van der Waals surface area contributed by atoms with Crippen molar-refractivity contribution in [2.45, 2.75) is 13.0 Å². The molecule has 0 aliphatic carbocycles. The molecule has 0 spiro atoms. The number of nitrogens with two attached hydrogens (primary N) is 1. The second-order valence-corrected chi connectivity index (χ2v) is 4.93. The first kappa shape index (κ1) is 12.2. The molecule has 0 saturated carbocycles. The number of amides is 2. The van der Waals surface area contributed by atoms with Gasteiger partial charge in [-0.2, -0.15) is 0 Å². The van der Waals surface area contributed by atoms with Gasteiger partial charge in [0.25, 0.3) is 0 Å². The van der Waals surface area contributed by atoms with E-state index in [9.17, 15) is 4.79 Å². The van der Waals surface area contributed by atoms with Crippen molar-refractivity contribution in [2.24, 2.45) is 0 Å². The van der Waals surface area contributed by atoms with Crippen molar-refractivity contribution in [3.05, 3.63) is 23.5 Å². The first-order valence-corrected chi connectivity index (χ1v) is 6.59. The van der Waals surface area contributed by atoms with Crippen LogP contribution < -0.4 is 5.73 Å². The first-order valence-electron chi connectivity index (χ1n) is 6.59. The molecule has 0 radical (unpaired) electrons. The SMILES string of the molecule is Nc1cnc2c(c1)CN(C(=O)N1CCOCC1)CC2. The van der Waals surface area contributed by atoms with Gasteiger partial charge in [0.2, 0.25) is 0 Å². The Morgan fingerprint density at radius 1 is 1.26 bits per heavy atom. The second-order valence-electron chi connectivity index (χ2n) is 4.93. The number of nitrogen functional groups attached to an aromatic ring is 1. The third-order valence-corrected chi connectivity index (χ3v) is 3.61. The number of rotatable bonds is 0. The van der Waals surface area contributed by atoms with E-state index < -0.39 is 0 Å². The van der Waals surface area contributed by atoms with Crippen LogP contribution in [-0.2, 0) is 17.7 Å². The molecule has 1 saturated heterocycles. The minimum Gasteiger partial charge on any atom is -0.397 e. The van der Waals surface area contributed by atoms with E-state index in [1.54, 1.807) is 6.20 Å². The Balaban J connectivity index is 1.72. The number of aromatic nitrogens is 1. The number of fused-ring (bicyclic) bond motifs is 1. The molecular formula is C13H18N4O2. The molecule has 0 bridgehead atoms. The molecule has 0 aromatic carbocycles. The number of pyridine rings is 1. The molecule has 2 N–H and O–H groups in total. The molecule has 6 nitrogen and oxygen atoms in total. The Morgan fingerprint density at radius 2 is 2.05 bits per heavy atom. The Labute approximate surface area is 112 Å². The van der Waals surface area contributed by atoms with Crippen molar-refractivity contribution in [3.63, 3.8) is 0 Å². The van der Waals surface area contributed by atoms with E-state index in [-0.39, 0.29) is 6.03 Å². The minimum absolute atomic E-state index is 0.0939. The van der Waals surface area contributed by atoms with Crippen molar-refractivity contribution in [1.82, 2.24) is 14.8 Å². The average molecular weight is 262 g/mol. The van der Waals surface area contributed by atoms with Gasteiger partial charge in [-0.25, -0.2) is 4.79 Å². The molecule has 6 heteroatoms. The Hall–Kier alpha value is -1.82. The molecular weight excluding hydrogens is 244 g/mol. The number of anilines is 1. The van der Waals surface area contributed by atoms with Crippen LogP contribution in [0.15, 0.2) is 12.3 Å². The van der Waals surface area contributed by atoms with Gasteiger partial charge in [0, 0.05) is 38.3 Å².